The maximum absolute atomic E-state index is 10.7. The molecule has 17 heavy (non-hydrogen) atoms. The highest BCUT2D eigenvalue weighted by molar-refractivity contribution is 9.10. The lowest BCUT2D eigenvalue weighted by Crippen LogP contribution is -1.88. The van der Waals surface area contributed by atoms with Gasteiger partial charge in [-0.15, -0.1) is 0 Å². The van der Waals surface area contributed by atoms with Crippen LogP contribution in [0.5, 0.6) is 11.5 Å². The summed E-state index contributed by atoms with van der Waals surface area (Å²) in [4.78, 5) is 10.7. The zero-order valence-electron chi connectivity index (χ0n) is 9.31. The molecule has 0 saturated heterocycles. The predicted molar refractivity (Wildman–Crippen MR) is 70.8 cm³/mol. The molecule has 0 amide bonds. The van der Waals surface area contributed by atoms with E-state index in [1.54, 1.807) is 18.2 Å². The van der Waals surface area contributed by atoms with Crippen molar-refractivity contribution in [2.45, 2.75) is 6.92 Å². The van der Waals surface area contributed by atoms with Crippen molar-refractivity contribution < 1.29 is 9.53 Å². The third kappa shape index (κ3) is 2.94. The number of aldehydes is 1. The number of halogens is 1. The van der Waals surface area contributed by atoms with Gasteiger partial charge in [0.05, 0.1) is 0 Å². The van der Waals surface area contributed by atoms with Crippen molar-refractivity contribution in [1.29, 1.82) is 0 Å². The minimum absolute atomic E-state index is 0.609. The average molecular weight is 291 g/mol. The molecule has 0 radical (unpaired) electrons. The Morgan fingerprint density at radius 1 is 1.18 bits per heavy atom. The SMILES string of the molecule is Cc1cc(Br)ccc1Oc1cccc(C=O)c1. The Morgan fingerprint density at radius 3 is 2.71 bits per heavy atom. The van der Waals surface area contributed by atoms with E-state index in [1.165, 1.54) is 0 Å². The molecule has 2 aromatic carbocycles. The molecule has 0 N–H and O–H groups in total. The predicted octanol–water partition coefficient (Wildman–Crippen LogP) is 4.36. The summed E-state index contributed by atoms with van der Waals surface area (Å²) in [5, 5.41) is 0. The van der Waals surface area contributed by atoms with Crippen LogP contribution in [0.1, 0.15) is 15.9 Å². The number of ether oxygens (including phenoxy) is 1. The molecular weight excluding hydrogens is 280 g/mol. The van der Waals surface area contributed by atoms with Gasteiger partial charge in [0.15, 0.2) is 0 Å². The lowest BCUT2D eigenvalue weighted by Gasteiger charge is -2.09. The first-order valence-electron chi connectivity index (χ1n) is 5.18. The second-order valence-electron chi connectivity index (χ2n) is 3.70. The molecule has 0 atom stereocenters. The van der Waals surface area contributed by atoms with Crippen LogP contribution in [0.2, 0.25) is 0 Å². The first kappa shape index (κ1) is 11.9. The lowest BCUT2D eigenvalue weighted by molar-refractivity contribution is 0.112. The van der Waals surface area contributed by atoms with Crippen LogP contribution in [-0.2, 0) is 0 Å². The molecule has 0 saturated carbocycles. The third-order valence-electron chi connectivity index (χ3n) is 2.36. The molecule has 2 aromatic rings. The molecule has 0 aliphatic carbocycles. The normalized spacial score (nSPS) is 10.0. The fourth-order valence-electron chi connectivity index (χ4n) is 1.51. The molecule has 2 rings (SSSR count). The number of aryl methyl sites for hydroxylation is 1. The summed E-state index contributed by atoms with van der Waals surface area (Å²) >= 11 is 3.40. The van der Waals surface area contributed by atoms with E-state index in [9.17, 15) is 4.79 Å². The van der Waals surface area contributed by atoms with Crippen molar-refractivity contribution in [2.24, 2.45) is 0 Å². The van der Waals surface area contributed by atoms with Crippen LogP contribution < -0.4 is 4.74 Å². The van der Waals surface area contributed by atoms with E-state index in [0.29, 0.717) is 11.3 Å². The topological polar surface area (TPSA) is 26.3 Å². The van der Waals surface area contributed by atoms with Gasteiger partial charge in [0.1, 0.15) is 17.8 Å². The minimum atomic E-state index is 0.609. The fraction of sp³-hybridized carbons (Fsp3) is 0.0714. The van der Waals surface area contributed by atoms with Gasteiger partial charge < -0.3 is 4.74 Å². The van der Waals surface area contributed by atoms with E-state index in [1.807, 2.05) is 31.2 Å². The second kappa shape index (κ2) is 5.15. The molecule has 0 aromatic heterocycles. The van der Waals surface area contributed by atoms with E-state index < -0.39 is 0 Å². The molecule has 86 valence electrons. The van der Waals surface area contributed by atoms with Gasteiger partial charge in [-0.2, -0.15) is 0 Å². The van der Waals surface area contributed by atoms with E-state index >= 15 is 0 Å². The maximum Gasteiger partial charge on any atom is 0.150 e. The van der Waals surface area contributed by atoms with Gasteiger partial charge in [-0.05, 0) is 42.8 Å². The lowest BCUT2D eigenvalue weighted by atomic mass is 10.2. The van der Waals surface area contributed by atoms with Gasteiger partial charge in [0.25, 0.3) is 0 Å². The quantitative estimate of drug-likeness (QED) is 0.785. The van der Waals surface area contributed by atoms with Crippen LogP contribution in [-0.4, -0.2) is 6.29 Å². The van der Waals surface area contributed by atoms with Gasteiger partial charge in [-0.25, -0.2) is 0 Å². The van der Waals surface area contributed by atoms with Gasteiger partial charge in [0, 0.05) is 10.0 Å². The minimum Gasteiger partial charge on any atom is -0.457 e. The van der Waals surface area contributed by atoms with Crippen LogP contribution in [0, 0.1) is 6.92 Å². The molecule has 2 nitrogen and oxygen atoms in total. The first-order valence-corrected chi connectivity index (χ1v) is 5.97. The monoisotopic (exact) mass is 290 g/mol. The highest BCUT2D eigenvalue weighted by Gasteiger charge is 2.02. The second-order valence-corrected chi connectivity index (χ2v) is 4.62. The zero-order valence-corrected chi connectivity index (χ0v) is 10.9. The summed E-state index contributed by atoms with van der Waals surface area (Å²) in [6.45, 7) is 1.98. The highest BCUT2D eigenvalue weighted by atomic mass is 79.9. The Bertz CT molecular complexity index is 550. The Balaban J connectivity index is 2.27. The summed E-state index contributed by atoms with van der Waals surface area (Å²) in [5.74, 6) is 1.45. The molecule has 0 aliphatic rings. The number of carbonyl (C=O) groups excluding carboxylic acids is 1. The van der Waals surface area contributed by atoms with E-state index in [-0.39, 0.29) is 0 Å². The van der Waals surface area contributed by atoms with Crippen molar-refractivity contribution in [3.8, 4) is 11.5 Å². The number of hydrogen-bond donors (Lipinski definition) is 0. The van der Waals surface area contributed by atoms with Gasteiger partial charge in [0.2, 0.25) is 0 Å². The largest absolute Gasteiger partial charge is 0.457 e. The van der Waals surface area contributed by atoms with E-state index in [4.69, 9.17) is 4.74 Å². The maximum atomic E-state index is 10.7. The van der Waals surface area contributed by atoms with Gasteiger partial charge >= 0.3 is 0 Å². The first-order chi connectivity index (χ1) is 8.19. The zero-order chi connectivity index (χ0) is 12.3. The summed E-state index contributed by atoms with van der Waals surface area (Å²) in [7, 11) is 0. The number of rotatable bonds is 3. The molecule has 0 unspecified atom stereocenters. The number of benzene rings is 2. The van der Waals surface area contributed by atoms with Crippen LogP contribution in [0.4, 0.5) is 0 Å². The average Bonchev–Trinajstić information content (AvgIpc) is 2.33. The Hall–Kier alpha value is -1.61. The molecule has 0 aliphatic heterocycles. The molecular formula is C14H11BrO2. The summed E-state index contributed by atoms with van der Waals surface area (Å²) in [6, 6.07) is 12.9. The summed E-state index contributed by atoms with van der Waals surface area (Å²) < 4.78 is 6.74. The van der Waals surface area contributed by atoms with E-state index in [0.717, 1.165) is 22.1 Å². The van der Waals surface area contributed by atoms with Gasteiger partial charge in [-0.3, -0.25) is 4.79 Å². The molecule has 0 spiro atoms. The van der Waals surface area contributed by atoms with Crippen LogP contribution >= 0.6 is 15.9 Å². The summed E-state index contributed by atoms with van der Waals surface area (Å²) in [5.41, 5.74) is 1.65. The third-order valence-corrected chi connectivity index (χ3v) is 2.85. The molecule has 0 heterocycles. The van der Waals surface area contributed by atoms with Crippen LogP contribution in [0.25, 0.3) is 0 Å². The van der Waals surface area contributed by atoms with Crippen molar-refractivity contribution in [1.82, 2.24) is 0 Å². The summed E-state index contributed by atoms with van der Waals surface area (Å²) in [6.07, 6.45) is 0.807. The standard InChI is InChI=1S/C14H11BrO2/c1-10-7-12(15)5-6-14(10)17-13-4-2-3-11(8-13)9-16/h2-9H,1H3. The fourth-order valence-corrected chi connectivity index (χ4v) is 1.98. The Morgan fingerprint density at radius 2 is 2.00 bits per heavy atom. The van der Waals surface area contributed by atoms with Crippen molar-refractivity contribution >= 4 is 22.2 Å². The highest BCUT2D eigenvalue weighted by Crippen LogP contribution is 2.27. The molecule has 0 fully saturated rings. The van der Waals surface area contributed by atoms with Crippen LogP contribution in [0.3, 0.4) is 0 Å². The number of hydrogen-bond acceptors (Lipinski definition) is 2. The van der Waals surface area contributed by atoms with Crippen molar-refractivity contribution in [2.75, 3.05) is 0 Å². The Kier molecular flexibility index (Phi) is 3.59. The smallest absolute Gasteiger partial charge is 0.150 e. The van der Waals surface area contributed by atoms with E-state index in [2.05, 4.69) is 15.9 Å². The van der Waals surface area contributed by atoms with Crippen LogP contribution in [0.15, 0.2) is 46.9 Å². The number of carbonyl (C=O) groups is 1. The van der Waals surface area contributed by atoms with Crippen molar-refractivity contribution in [3.63, 3.8) is 0 Å². The molecule has 3 heteroatoms. The molecule has 0 bridgehead atoms. The Labute approximate surface area is 108 Å². The van der Waals surface area contributed by atoms with Crippen molar-refractivity contribution in [3.05, 3.63) is 58.1 Å². The van der Waals surface area contributed by atoms with Gasteiger partial charge in [-0.1, -0.05) is 28.1 Å².